The fourth-order valence-corrected chi connectivity index (χ4v) is 2.34. The number of hydrogen-bond donors (Lipinski definition) is 2. The van der Waals surface area contributed by atoms with Crippen LogP contribution in [0.15, 0.2) is 0 Å². The number of carbonyl (C=O) groups is 1. The zero-order chi connectivity index (χ0) is 11.3. The standard InChI is InChI=1S/C12H19NO2/c1-3-5-11(15)13-12(9-14)7-4-6-10(2)8-12/h10,14H,4,6-9H2,1-2H3,(H,13,15). The Morgan fingerprint density at radius 2 is 2.40 bits per heavy atom. The van der Waals surface area contributed by atoms with Crippen molar-refractivity contribution in [2.24, 2.45) is 5.92 Å². The summed E-state index contributed by atoms with van der Waals surface area (Å²) in [6.07, 6.45) is 3.93. The van der Waals surface area contributed by atoms with Gasteiger partial charge in [0.25, 0.3) is 5.91 Å². The van der Waals surface area contributed by atoms with E-state index in [0.29, 0.717) is 5.92 Å². The molecule has 2 atom stereocenters. The van der Waals surface area contributed by atoms with Gasteiger partial charge >= 0.3 is 0 Å². The van der Waals surface area contributed by atoms with E-state index in [1.165, 1.54) is 6.42 Å². The molecule has 0 heterocycles. The molecule has 0 aliphatic heterocycles. The first-order valence-corrected chi connectivity index (χ1v) is 5.47. The SMILES string of the molecule is CC#CC(=O)NC1(CO)CCCC(C)C1. The molecule has 1 rings (SSSR count). The van der Waals surface area contributed by atoms with E-state index < -0.39 is 5.54 Å². The smallest absolute Gasteiger partial charge is 0.296 e. The van der Waals surface area contributed by atoms with Crippen molar-refractivity contribution in [2.75, 3.05) is 6.61 Å². The summed E-state index contributed by atoms with van der Waals surface area (Å²) < 4.78 is 0. The molecule has 0 aromatic rings. The third-order valence-corrected chi connectivity index (χ3v) is 3.01. The van der Waals surface area contributed by atoms with Crippen molar-refractivity contribution in [1.29, 1.82) is 0 Å². The maximum absolute atomic E-state index is 11.4. The quantitative estimate of drug-likeness (QED) is 0.668. The van der Waals surface area contributed by atoms with Crippen LogP contribution in [0.2, 0.25) is 0 Å². The lowest BCUT2D eigenvalue weighted by atomic mass is 9.77. The van der Waals surface area contributed by atoms with Crippen LogP contribution in [0.4, 0.5) is 0 Å². The Balaban J connectivity index is 2.66. The van der Waals surface area contributed by atoms with Gasteiger partial charge in [-0.1, -0.05) is 25.7 Å². The zero-order valence-corrected chi connectivity index (χ0v) is 9.47. The second-order valence-electron chi connectivity index (χ2n) is 4.47. The van der Waals surface area contributed by atoms with Crippen LogP contribution >= 0.6 is 0 Å². The lowest BCUT2D eigenvalue weighted by Gasteiger charge is -2.38. The molecule has 2 N–H and O–H groups in total. The number of hydrogen-bond acceptors (Lipinski definition) is 2. The first-order chi connectivity index (χ1) is 7.12. The molecule has 0 bridgehead atoms. The van der Waals surface area contributed by atoms with Crippen LogP contribution in [-0.4, -0.2) is 23.2 Å². The van der Waals surface area contributed by atoms with Gasteiger partial charge in [0.15, 0.2) is 0 Å². The summed E-state index contributed by atoms with van der Waals surface area (Å²) in [7, 11) is 0. The fourth-order valence-electron chi connectivity index (χ4n) is 2.34. The summed E-state index contributed by atoms with van der Waals surface area (Å²) in [5.74, 6) is 5.30. The molecule has 2 unspecified atom stereocenters. The lowest BCUT2D eigenvalue weighted by Crippen LogP contribution is -2.53. The van der Waals surface area contributed by atoms with Gasteiger partial charge in [0.05, 0.1) is 12.1 Å². The minimum atomic E-state index is -0.432. The summed E-state index contributed by atoms with van der Waals surface area (Å²) in [4.78, 5) is 11.4. The van der Waals surface area contributed by atoms with E-state index in [-0.39, 0.29) is 12.5 Å². The minimum Gasteiger partial charge on any atom is -0.394 e. The summed E-state index contributed by atoms with van der Waals surface area (Å²) in [5.41, 5.74) is -0.432. The monoisotopic (exact) mass is 209 g/mol. The van der Waals surface area contributed by atoms with E-state index in [1.54, 1.807) is 6.92 Å². The topological polar surface area (TPSA) is 49.3 Å². The van der Waals surface area contributed by atoms with Gasteiger partial charge in [-0.3, -0.25) is 4.79 Å². The van der Waals surface area contributed by atoms with E-state index in [9.17, 15) is 9.90 Å². The minimum absolute atomic E-state index is 0.00841. The molecule has 84 valence electrons. The molecular formula is C12H19NO2. The molecule has 0 radical (unpaired) electrons. The molecule has 0 aromatic carbocycles. The lowest BCUT2D eigenvalue weighted by molar-refractivity contribution is -0.118. The summed E-state index contributed by atoms with van der Waals surface area (Å²) in [6.45, 7) is 3.80. The van der Waals surface area contributed by atoms with Crippen molar-refractivity contribution in [3.63, 3.8) is 0 Å². The predicted molar refractivity (Wildman–Crippen MR) is 59.0 cm³/mol. The highest BCUT2D eigenvalue weighted by Gasteiger charge is 2.35. The molecule has 0 saturated heterocycles. The second-order valence-corrected chi connectivity index (χ2v) is 4.47. The first kappa shape index (κ1) is 12.1. The van der Waals surface area contributed by atoms with E-state index in [0.717, 1.165) is 19.3 Å². The van der Waals surface area contributed by atoms with Gasteiger partial charge < -0.3 is 10.4 Å². The van der Waals surface area contributed by atoms with Gasteiger partial charge in [-0.2, -0.15) is 0 Å². The number of amides is 1. The van der Waals surface area contributed by atoms with Gasteiger partial charge in [-0.05, 0) is 31.6 Å². The van der Waals surface area contributed by atoms with Crippen molar-refractivity contribution >= 4 is 5.91 Å². The number of aliphatic hydroxyl groups excluding tert-OH is 1. The number of nitrogens with one attached hydrogen (secondary N) is 1. The predicted octanol–water partition coefficient (Wildman–Crippen LogP) is 1.07. The van der Waals surface area contributed by atoms with Crippen molar-refractivity contribution in [2.45, 2.75) is 45.1 Å². The fraction of sp³-hybridized carbons (Fsp3) is 0.750. The van der Waals surface area contributed by atoms with Gasteiger partial charge in [-0.25, -0.2) is 0 Å². The summed E-state index contributed by atoms with van der Waals surface area (Å²) in [6, 6.07) is 0. The van der Waals surface area contributed by atoms with E-state index in [2.05, 4.69) is 24.1 Å². The van der Waals surface area contributed by atoms with Crippen molar-refractivity contribution < 1.29 is 9.90 Å². The Bertz CT molecular complexity index is 290. The molecule has 0 aromatic heterocycles. The van der Waals surface area contributed by atoms with Crippen LogP contribution in [0, 0.1) is 17.8 Å². The maximum Gasteiger partial charge on any atom is 0.296 e. The third-order valence-electron chi connectivity index (χ3n) is 3.01. The van der Waals surface area contributed by atoms with E-state index >= 15 is 0 Å². The second kappa shape index (κ2) is 5.18. The van der Waals surface area contributed by atoms with Crippen LogP contribution in [0.25, 0.3) is 0 Å². The first-order valence-electron chi connectivity index (χ1n) is 5.47. The average molecular weight is 209 g/mol. The summed E-state index contributed by atoms with van der Waals surface area (Å²) >= 11 is 0. The van der Waals surface area contributed by atoms with Crippen LogP contribution < -0.4 is 5.32 Å². The van der Waals surface area contributed by atoms with Gasteiger partial charge in [0.2, 0.25) is 0 Å². The van der Waals surface area contributed by atoms with Gasteiger partial charge in [-0.15, -0.1) is 0 Å². The normalized spacial score (nSPS) is 30.2. The van der Waals surface area contributed by atoms with Crippen LogP contribution in [0.1, 0.15) is 39.5 Å². The molecule has 1 amide bonds. The molecule has 1 aliphatic carbocycles. The molecule has 1 aliphatic rings. The number of carbonyl (C=O) groups excluding carboxylic acids is 1. The highest BCUT2D eigenvalue weighted by molar-refractivity contribution is 5.93. The van der Waals surface area contributed by atoms with Gasteiger partial charge in [0.1, 0.15) is 0 Å². The molecular weight excluding hydrogens is 190 g/mol. The zero-order valence-electron chi connectivity index (χ0n) is 9.47. The van der Waals surface area contributed by atoms with Crippen molar-refractivity contribution in [3.8, 4) is 11.8 Å². The van der Waals surface area contributed by atoms with E-state index in [1.807, 2.05) is 0 Å². The molecule has 0 spiro atoms. The largest absolute Gasteiger partial charge is 0.394 e. The number of aliphatic hydroxyl groups is 1. The highest BCUT2D eigenvalue weighted by Crippen LogP contribution is 2.31. The average Bonchev–Trinajstić information content (AvgIpc) is 2.18. The summed E-state index contributed by atoms with van der Waals surface area (Å²) in [5, 5.41) is 12.3. The Morgan fingerprint density at radius 3 is 2.93 bits per heavy atom. The molecule has 3 nitrogen and oxygen atoms in total. The van der Waals surface area contributed by atoms with Crippen molar-refractivity contribution in [1.82, 2.24) is 5.32 Å². The molecule has 1 fully saturated rings. The Labute approximate surface area is 91.3 Å². The Morgan fingerprint density at radius 1 is 1.67 bits per heavy atom. The van der Waals surface area contributed by atoms with Crippen LogP contribution in [-0.2, 0) is 4.79 Å². The van der Waals surface area contributed by atoms with Crippen molar-refractivity contribution in [3.05, 3.63) is 0 Å². The Kier molecular flexibility index (Phi) is 4.16. The van der Waals surface area contributed by atoms with Crippen LogP contribution in [0.3, 0.4) is 0 Å². The number of rotatable bonds is 2. The third kappa shape index (κ3) is 3.24. The van der Waals surface area contributed by atoms with Crippen LogP contribution in [0.5, 0.6) is 0 Å². The highest BCUT2D eigenvalue weighted by atomic mass is 16.3. The molecule has 3 heteroatoms. The van der Waals surface area contributed by atoms with Gasteiger partial charge in [0, 0.05) is 0 Å². The Hall–Kier alpha value is -1.01. The molecule has 1 saturated carbocycles. The maximum atomic E-state index is 11.4. The molecule has 15 heavy (non-hydrogen) atoms. The van der Waals surface area contributed by atoms with E-state index in [4.69, 9.17) is 0 Å².